The average molecular weight is 495 g/mol. The fourth-order valence-electron chi connectivity index (χ4n) is 5.14. The molecule has 3 amide bonds. The number of carbonyl (C=O) groups is 3. The van der Waals surface area contributed by atoms with Crippen LogP contribution in [0.3, 0.4) is 0 Å². The third-order valence-electron chi connectivity index (χ3n) is 7.05. The van der Waals surface area contributed by atoms with Crippen LogP contribution in [0.25, 0.3) is 0 Å². The van der Waals surface area contributed by atoms with Gasteiger partial charge in [-0.2, -0.15) is 0 Å². The summed E-state index contributed by atoms with van der Waals surface area (Å²) in [5.41, 5.74) is 1.02. The SMILES string of the molecule is COCC(=O)N1CCC2(CC1)C(=O)N(CC(=O)NCc1ccc3c(c1)OCO3)CN2c1ccccc1. The van der Waals surface area contributed by atoms with Crippen LogP contribution in [0.5, 0.6) is 11.5 Å². The van der Waals surface area contributed by atoms with Gasteiger partial charge >= 0.3 is 0 Å². The van der Waals surface area contributed by atoms with E-state index in [1.807, 2.05) is 48.5 Å². The number of piperidine rings is 1. The van der Waals surface area contributed by atoms with Crippen molar-refractivity contribution in [3.8, 4) is 11.5 Å². The number of nitrogens with zero attached hydrogens (tertiary/aromatic N) is 3. The molecule has 3 heterocycles. The van der Waals surface area contributed by atoms with E-state index in [2.05, 4.69) is 10.2 Å². The molecule has 0 aliphatic carbocycles. The number of amides is 3. The van der Waals surface area contributed by atoms with Gasteiger partial charge in [-0.3, -0.25) is 14.4 Å². The maximum Gasteiger partial charge on any atom is 0.250 e. The Morgan fingerprint density at radius 1 is 1.06 bits per heavy atom. The molecule has 0 aromatic heterocycles. The van der Waals surface area contributed by atoms with Gasteiger partial charge in [0.2, 0.25) is 18.6 Å². The van der Waals surface area contributed by atoms with Crippen molar-refractivity contribution in [2.75, 3.05) is 51.7 Å². The first kappa shape index (κ1) is 23.9. The topological polar surface area (TPSA) is 101 Å². The van der Waals surface area contributed by atoms with Crippen molar-refractivity contribution in [3.63, 3.8) is 0 Å². The quantitative estimate of drug-likeness (QED) is 0.620. The molecule has 2 aromatic carbocycles. The van der Waals surface area contributed by atoms with Crippen LogP contribution < -0.4 is 19.7 Å². The highest BCUT2D eigenvalue weighted by molar-refractivity contribution is 5.96. The van der Waals surface area contributed by atoms with Crippen molar-refractivity contribution in [2.45, 2.75) is 24.9 Å². The van der Waals surface area contributed by atoms with Crippen molar-refractivity contribution in [1.82, 2.24) is 15.1 Å². The number of nitrogens with one attached hydrogen (secondary N) is 1. The monoisotopic (exact) mass is 494 g/mol. The molecule has 10 heteroatoms. The lowest BCUT2D eigenvalue weighted by Crippen LogP contribution is -2.57. The summed E-state index contributed by atoms with van der Waals surface area (Å²) in [6, 6.07) is 15.3. The fourth-order valence-corrected chi connectivity index (χ4v) is 5.14. The van der Waals surface area contributed by atoms with E-state index in [0.29, 0.717) is 50.6 Å². The van der Waals surface area contributed by atoms with Gasteiger partial charge in [0.05, 0.1) is 6.67 Å². The van der Waals surface area contributed by atoms with Gasteiger partial charge in [0.25, 0.3) is 5.91 Å². The molecule has 36 heavy (non-hydrogen) atoms. The van der Waals surface area contributed by atoms with E-state index in [-0.39, 0.29) is 37.7 Å². The molecule has 0 unspecified atom stereocenters. The second kappa shape index (κ2) is 10.1. The zero-order valence-electron chi connectivity index (χ0n) is 20.3. The molecule has 0 radical (unpaired) electrons. The van der Waals surface area contributed by atoms with E-state index in [9.17, 15) is 14.4 Å². The molecule has 3 aliphatic rings. The number of methoxy groups -OCH3 is 1. The number of hydrogen-bond donors (Lipinski definition) is 1. The zero-order valence-corrected chi connectivity index (χ0v) is 20.3. The number of likely N-dealkylation sites (tertiary alicyclic amines) is 1. The number of anilines is 1. The summed E-state index contributed by atoms with van der Waals surface area (Å²) in [7, 11) is 1.50. The summed E-state index contributed by atoms with van der Waals surface area (Å²) >= 11 is 0. The average Bonchev–Trinajstić information content (AvgIpc) is 3.47. The molecule has 1 spiro atoms. The van der Waals surface area contributed by atoms with Gasteiger partial charge in [-0.15, -0.1) is 0 Å². The minimum Gasteiger partial charge on any atom is -0.454 e. The smallest absolute Gasteiger partial charge is 0.250 e. The third kappa shape index (κ3) is 4.56. The largest absolute Gasteiger partial charge is 0.454 e. The molecular weight excluding hydrogens is 464 g/mol. The second-order valence-corrected chi connectivity index (χ2v) is 9.22. The summed E-state index contributed by atoms with van der Waals surface area (Å²) in [4.78, 5) is 44.3. The summed E-state index contributed by atoms with van der Waals surface area (Å²) in [6.45, 7) is 1.73. The van der Waals surface area contributed by atoms with Gasteiger partial charge in [-0.25, -0.2) is 0 Å². The molecular formula is C26H30N4O6. The Hall–Kier alpha value is -3.79. The van der Waals surface area contributed by atoms with Crippen LogP contribution in [0.15, 0.2) is 48.5 Å². The lowest BCUT2D eigenvalue weighted by Gasteiger charge is -2.43. The van der Waals surface area contributed by atoms with Crippen molar-refractivity contribution >= 4 is 23.4 Å². The first-order chi connectivity index (χ1) is 17.5. The van der Waals surface area contributed by atoms with Crippen LogP contribution >= 0.6 is 0 Å². The van der Waals surface area contributed by atoms with Crippen molar-refractivity contribution in [2.24, 2.45) is 0 Å². The second-order valence-electron chi connectivity index (χ2n) is 9.22. The number of para-hydroxylation sites is 1. The predicted octanol–water partition coefficient (Wildman–Crippen LogP) is 1.35. The minimum atomic E-state index is -0.789. The molecule has 5 rings (SSSR count). The van der Waals surface area contributed by atoms with Crippen molar-refractivity contribution in [1.29, 1.82) is 0 Å². The number of ether oxygens (including phenoxy) is 3. The van der Waals surface area contributed by atoms with Gasteiger partial charge in [0, 0.05) is 32.4 Å². The number of benzene rings is 2. The molecule has 0 atom stereocenters. The van der Waals surface area contributed by atoms with Gasteiger partial charge in [0.1, 0.15) is 18.7 Å². The standard InChI is InChI=1S/C26H30N4O6/c1-34-16-24(32)28-11-9-26(10-12-28)25(33)29(17-30(26)20-5-3-2-4-6-20)15-23(31)27-14-19-7-8-21-22(13-19)36-18-35-21/h2-8,13H,9-12,14-18H2,1H3,(H,27,31). The van der Waals surface area contributed by atoms with Crippen molar-refractivity contribution in [3.05, 3.63) is 54.1 Å². The Labute approximate surface area is 209 Å². The highest BCUT2D eigenvalue weighted by Crippen LogP contribution is 2.39. The molecule has 3 aliphatic heterocycles. The molecule has 0 saturated carbocycles. The van der Waals surface area contributed by atoms with Gasteiger partial charge in [-0.05, 0) is 42.7 Å². The Morgan fingerprint density at radius 2 is 1.81 bits per heavy atom. The lowest BCUT2D eigenvalue weighted by atomic mass is 9.85. The molecule has 2 aromatic rings. The molecule has 10 nitrogen and oxygen atoms in total. The number of hydrogen-bond acceptors (Lipinski definition) is 7. The van der Waals surface area contributed by atoms with Gasteiger partial charge in [-0.1, -0.05) is 24.3 Å². The maximum absolute atomic E-state index is 13.8. The van der Waals surface area contributed by atoms with E-state index >= 15 is 0 Å². The Bertz CT molecular complexity index is 1130. The normalized spacial score (nSPS) is 18.1. The van der Waals surface area contributed by atoms with Crippen molar-refractivity contribution < 1.29 is 28.6 Å². The van der Waals surface area contributed by atoms with Crippen LogP contribution in [0, 0.1) is 0 Å². The molecule has 1 N–H and O–H groups in total. The third-order valence-corrected chi connectivity index (χ3v) is 7.05. The first-order valence-electron chi connectivity index (χ1n) is 12.0. The number of fused-ring (bicyclic) bond motifs is 1. The van der Waals surface area contributed by atoms with E-state index in [1.54, 1.807) is 9.80 Å². The van der Waals surface area contributed by atoms with E-state index in [4.69, 9.17) is 14.2 Å². The van der Waals surface area contributed by atoms with Crippen LogP contribution in [0.2, 0.25) is 0 Å². The van der Waals surface area contributed by atoms with E-state index in [0.717, 1.165) is 11.3 Å². The summed E-state index contributed by atoms with van der Waals surface area (Å²) in [6.07, 6.45) is 0.983. The number of rotatable bonds is 7. The van der Waals surface area contributed by atoms with E-state index < -0.39 is 5.54 Å². The van der Waals surface area contributed by atoms with Crippen LogP contribution in [-0.2, 0) is 25.7 Å². The van der Waals surface area contributed by atoms with E-state index in [1.165, 1.54) is 7.11 Å². The molecule has 190 valence electrons. The van der Waals surface area contributed by atoms with Gasteiger partial charge < -0.3 is 34.2 Å². The Morgan fingerprint density at radius 3 is 2.56 bits per heavy atom. The Balaban J connectivity index is 1.27. The first-order valence-corrected chi connectivity index (χ1v) is 12.0. The summed E-state index contributed by atoms with van der Waals surface area (Å²) < 4.78 is 15.7. The maximum atomic E-state index is 13.8. The van der Waals surface area contributed by atoms with Crippen LogP contribution in [0.4, 0.5) is 5.69 Å². The van der Waals surface area contributed by atoms with Crippen LogP contribution in [0.1, 0.15) is 18.4 Å². The van der Waals surface area contributed by atoms with Gasteiger partial charge in [0.15, 0.2) is 11.5 Å². The Kier molecular flexibility index (Phi) is 6.69. The van der Waals surface area contributed by atoms with Crippen LogP contribution in [-0.4, -0.2) is 79.9 Å². The summed E-state index contributed by atoms with van der Waals surface area (Å²) in [5, 5.41) is 2.91. The zero-order chi connectivity index (χ0) is 25.1. The summed E-state index contributed by atoms with van der Waals surface area (Å²) in [5.74, 6) is 0.951. The highest BCUT2D eigenvalue weighted by Gasteiger charge is 2.54. The predicted molar refractivity (Wildman–Crippen MR) is 130 cm³/mol. The lowest BCUT2D eigenvalue weighted by molar-refractivity contribution is -0.141. The number of carbonyl (C=O) groups excluding carboxylic acids is 3. The molecule has 2 saturated heterocycles. The fraction of sp³-hybridized carbons (Fsp3) is 0.423. The molecule has 2 fully saturated rings. The molecule has 0 bridgehead atoms. The highest BCUT2D eigenvalue weighted by atomic mass is 16.7. The minimum absolute atomic E-state index is 0.0268.